The van der Waals surface area contributed by atoms with Crippen molar-refractivity contribution in [3.63, 3.8) is 0 Å². The Morgan fingerprint density at radius 1 is 0.304 bits per heavy atom. The van der Waals surface area contributed by atoms with Crippen LogP contribution in [0, 0.1) is 0 Å². The van der Waals surface area contributed by atoms with Crippen LogP contribution in [-0.2, 0) is 0 Å². The number of rotatable bonds is 1. The lowest BCUT2D eigenvalue weighted by atomic mass is 9.94. The molecule has 0 N–H and O–H groups in total. The largest absolute Gasteiger partial charge is 0.309 e. The molecule has 0 saturated carbocycles. The first-order valence-electron chi connectivity index (χ1n) is 16.0. The van der Waals surface area contributed by atoms with E-state index < -0.39 is 0 Å². The highest BCUT2D eigenvalue weighted by Crippen LogP contribution is 2.45. The van der Waals surface area contributed by atoms with Gasteiger partial charge in [0.1, 0.15) is 0 Å². The number of nitrogens with zero attached hydrogens (tertiary/aromatic N) is 2. The molecule has 0 unspecified atom stereocenters. The number of para-hydroxylation sites is 3. The fourth-order valence-corrected chi connectivity index (χ4v) is 8.93. The second kappa shape index (κ2) is 7.93. The van der Waals surface area contributed by atoms with Gasteiger partial charge in [-0.05, 0) is 68.0 Å². The summed E-state index contributed by atoms with van der Waals surface area (Å²) in [4.78, 5) is 0. The van der Waals surface area contributed by atoms with Gasteiger partial charge < -0.3 is 8.97 Å². The van der Waals surface area contributed by atoms with Gasteiger partial charge in [0, 0.05) is 43.4 Å². The highest BCUT2D eigenvalue weighted by Gasteiger charge is 2.21. The quantitative estimate of drug-likeness (QED) is 0.171. The normalized spacial score (nSPS) is 12.8. The Morgan fingerprint density at radius 3 is 1.65 bits per heavy atom. The van der Waals surface area contributed by atoms with Crippen molar-refractivity contribution < 1.29 is 0 Å². The second-order valence-electron chi connectivity index (χ2n) is 12.9. The Labute approximate surface area is 262 Å². The molecule has 0 atom stereocenters. The summed E-state index contributed by atoms with van der Waals surface area (Å²) in [7, 11) is 0. The lowest BCUT2D eigenvalue weighted by Crippen LogP contribution is -1.96. The van der Waals surface area contributed by atoms with E-state index in [9.17, 15) is 0 Å². The molecular weight excluding hydrogens is 556 g/mol. The Kier molecular flexibility index (Phi) is 4.01. The average molecular weight is 581 g/mol. The maximum absolute atomic E-state index is 2.51. The van der Waals surface area contributed by atoms with Gasteiger partial charge in [0.05, 0.1) is 27.6 Å². The van der Waals surface area contributed by atoms with Crippen LogP contribution in [0.25, 0.3) is 109 Å². The summed E-state index contributed by atoms with van der Waals surface area (Å²) in [5.41, 5.74) is 7.56. The minimum atomic E-state index is 1.20. The van der Waals surface area contributed by atoms with E-state index in [1.54, 1.807) is 0 Å². The minimum Gasteiger partial charge on any atom is -0.309 e. The molecule has 2 nitrogen and oxygen atoms in total. The van der Waals surface area contributed by atoms with E-state index in [2.05, 4.69) is 155 Å². The second-order valence-corrected chi connectivity index (χ2v) is 12.9. The molecule has 9 aromatic carbocycles. The molecule has 12 aromatic rings. The molecule has 12 rings (SSSR count). The van der Waals surface area contributed by atoms with Crippen molar-refractivity contribution in [1.82, 2.24) is 8.97 Å². The van der Waals surface area contributed by atoms with Gasteiger partial charge in [-0.25, -0.2) is 0 Å². The molecule has 0 aliphatic rings. The van der Waals surface area contributed by atoms with Crippen molar-refractivity contribution in [2.45, 2.75) is 0 Å². The smallest absolute Gasteiger partial charge is 0.0620 e. The third-order valence-electron chi connectivity index (χ3n) is 10.7. The molecular formula is C44H24N2. The van der Waals surface area contributed by atoms with Gasteiger partial charge in [0.2, 0.25) is 0 Å². The van der Waals surface area contributed by atoms with Gasteiger partial charge in [-0.15, -0.1) is 0 Å². The Bertz CT molecular complexity index is 3180. The van der Waals surface area contributed by atoms with Crippen LogP contribution in [0.1, 0.15) is 0 Å². The SMILES string of the molecule is c1cc2ccc3cc(-n4c5ccccc5c5ccc6c(ccc7c6c6cccc8c9ccccc9n7c86)c54)cc4ccc(c1)c2c34. The molecule has 3 heterocycles. The first kappa shape index (κ1) is 23.3. The third kappa shape index (κ3) is 2.63. The Morgan fingerprint density at radius 2 is 0.848 bits per heavy atom. The summed E-state index contributed by atoms with van der Waals surface area (Å²) >= 11 is 0. The van der Waals surface area contributed by atoms with Gasteiger partial charge >= 0.3 is 0 Å². The van der Waals surface area contributed by atoms with Crippen LogP contribution in [0.4, 0.5) is 0 Å². The van der Waals surface area contributed by atoms with E-state index in [1.165, 1.54) is 109 Å². The van der Waals surface area contributed by atoms with Crippen molar-refractivity contribution in [3.8, 4) is 5.69 Å². The topological polar surface area (TPSA) is 9.34 Å². The first-order valence-corrected chi connectivity index (χ1v) is 16.0. The summed E-state index contributed by atoms with van der Waals surface area (Å²) in [6.07, 6.45) is 0. The predicted molar refractivity (Wildman–Crippen MR) is 197 cm³/mol. The fraction of sp³-hybridized carbons (Fsp3) is 0. The lowest BCUT2D eigenvalue weighted by Gasteiger charge is -2.15. The number of hydrogen-bond donors (Lipinski definition) is 0. The van der Waals surface area contributed by atoms with Crippen LogP contribution in [0.5, 0.6) is 0 Å². The lowest BCUT2D eigenvalue weighted by molar-refractivity contribution is 1.20. The van der Waals surface area contributed by atoms with Crippen LogP contribution in [0.15, 0.2) is 146 Å². The minimum absolute atomic E-state index is 1.20. The Balaban J connectivity index is 1.26. The van der Waals surface area contributed by atoms with Gasteiger partial charge in [0.25, 0.3) is 0 Å². The molecule has 0 fully saturated rings. The summed E-state index contributed by atoms with van der Waals surface area (Å²) in [5, 5.41) is 18.3. The molecule has 0 bridgehead atoms. The summed E-state index contributed by atoms with van der Waals surface area (Å²) in [5.74, 6) is 0. The van der Waals surface area contributed by atoms with E-state index in [1.807, 2.05) is 0 Å². The van der Waals surface area contributed by atoms with Crippen molar-refractivity contribution in [2.75, 3.05) is 0 Å². The molecule has 0 amide bonds. The molecule has 210 valence electrons. The molecule has 3 aromatic heterocycles. The van der Waals surface area contributed by atoms with Crippen molar-refractivity contribution >= 4 is 103 Å². The van der Waals surface area contributed by atoms with Crippen molar-refractivity contribution in [3.05, 3.63) is 146 Å². The van der Waals surface area contributed by atoms with Crippen LogP contribution < -0.4 is 0 Å². The van der Waals surface area contributed by atoms with E-state index in [-0.39, 0.29) is 0 Å². The van der Waals surface area contributed by atoms with E-state index >= 15 is 0 Å². The monoisotopic (exact) mass is 580 g/mol. The van der Waals surface area contributed by atoms with Crippen LogP contribution >= 0.6 is 0 Å². The van der Waals surface area contributed by atoms with Crippen LogP contribution in [0.3, 0.4) is 0 Å². The zero-order valence-electron chi connectivity index (χ0n) is 24.8. The summed E-state index contributed by atoms with van der Waals surface area (Å²) in [6.45, 7) is 0. The number of aromatic nitrogens is 2. The van der Waals surface area contributed by atoms with Gasteiger partial charge in [0.15, 0.2) is 0 Å². The van der Waals surface area contributed by atoms with E-state index in [0.29, 0.717) is 0 Å². The molecule has 2 heteroatoms. The average Bonchev–Trinajstić information content (AvgIpc) is 3.76. The van der Waals surface area contributed by atoms with Gasteiger partial charge in [-0.1, -0.05) is 115 Å². The van der Waals surface area contributed by atoms with E-state index in [0.717, 1.165) is 0 Å². The maximum Gasteiger partial charge on any atom is 0.0620 e. The Hall–Kier alpha value is -6.12. The molecule has 0 radical (unpaired) electrons. The van der Waals surface area contributed by atoms with Gasteiger partial charge in [-0.2, -0.15) is 0 Å². The zero-order chi connectivity index (χ0) is 29.7. The summed E-state index contributed by atoms with van der Waals surface area (Å²) in [6, 6.07) is 54.5. The van der Waals surface area contributed by atoms with Crippen molar-refractivity contribution in [1.29, 1.82) is 0 Å². The number of hydrogen-bond acceptors (Lipinski definition) is 0. The van der Waals surface area contributed by atoms with Gasteiger partial charge in [-0.3, -0.25) is 0 Å². The molecule has 0 aliphatic heterocycles. The maximum atomic E-state index is 2.51. The van der Waals surface area contributed by atoms with Crippen LogP contribution in [-0.4, -0.2) is 8.97 Å². The zero-order valence-corrected chi connectivity index (χ0v) is 24.8. The molecule has 0 saturated heterocycles. The standard InChI is InChI=1S/C44H24N2/c1-3-13-37-31(10-1)34-20-19-32-35(21-22-39-42(32)36-12-6-11-33-30-9-2-4-14-38(30)46(39)44(33)36)43(34)45(37)29-23-27-17-15-25-7-5-8-26-16-18-28(24-29)41(27)40(25)26/h1-24H. The number of fused-ring (bicyclic) bond motifs is 12. The third-order valence-corrected chi connectivity index (χ3v) is 10.7. The first-order chi connectivity index (χ1) is 22.8. The van der Waals surface area contributed by atoms with Crippen LogP contribution in [0.2, 0.25) is 0 Å². The highest BCUT2D eigenvalue weighted by molar-refractivity contribution is 6.32. The molecule has 0 aliphatic carbocycles. The molecule has 46 heavy (non-hydrogen) atoms. The summed E-state index contributed by atoms with van der Waals surface area (Å²) < 4.78 is 4.99. The van der Waals surface area contributed by atoms with Crippen molar-refractivity contribution in [2.24, 2.45) is 0 Å². The molecule has 0 spiro atoms. The highest BCUT2D eigenvalue weighted by atomic mass is 15.0. The number of benzene rings is 9. The fourth-order valence-electron chi connectivity index (χ4n) is 8.93. The van der Waals surface area contributed by atoms with E-state index in [4.69, 9.17) is 0 Å². The predicted octanol–water partition coefficient (Wildman–Crippen LogP) is 12.0.